The monoisotopic (exact) mass is 380 g/mol. The minimum absolute atomic E-state index is 0.00295. The Morgan fingerprint density at radius 1 is 1.38 bits per heavy atom. The van der Waals surface area contributed by atoms with Gasteiger partial charge in [-0.05, 0) is 45.2 Å². The zero-order chi connectivity index (χ0) is 19.1. The minimum Gasteiger partial charge on any atom is -0.478 e. The Kier molecular flexibility index (Phi) is 4.79. The summed E-state index contributed by atoms with van der Waals surface area (Å²) in [4.78, 5) is 25.0. The molecule has 2 heterocycles. The van der Waals surface area contributed by atoms with Crippen LogP contribution >= 0.6 is 11.6 Å². The van der Waals surface area contributed by atoms with Crippen LogP contribution in [-0.4, -0.2) is 55.8 Å². The van der Waals surface area contributed by atoms with Gasteiger partial charge in [-0.3, -0.25) is 0 Å². The Labute approximate surface area is 155 Å². The maximum atomic E-state index is 12.2. The summed E-state index contributed by atoms with van der Waals surface area (Å²) in [6.45, 7) is 7.31. The molecule has 1 unspecified atom stereocenters. The first-order chi connectivity index (χ1) is 12.1. The van der Waals surface area contributed by atoms with E-state index in [2.05, 4.69) is 10.3 Å². The van der Waals surface area contributed by atoms with Gasteiger partial charge in [-0.2, -0.15) is 0 Å². The molecule has 1 aliphatic rings. The van der Waals surface area contributed by atoms with Crippen molar-refractivity contribution in [2.24, 2.45) is 5.92 Å². The van der Waals surface area contributed by atoms with Gasteiger partial charge in [0.05, 0.1) is 16.1 Å². The summed E-state index contributed by atoms with van der Waals surface area (Å²) in [5.74, 6) is -0.888. The van der Waals surface area contributed by atoms with Crippen LogP contribution < -0.4 is 0 Å². The Balaban J connectivity index is 1.71. The van der Waals surface area contributed by atoms with Crippen molar-refractivity contribution in [3.63, 3.8) is 0 Å². The number of carbonyl (C=O) groups excluding carboxylic acids is 1. The van der Waals surface area contributed by atoms with Crippen molar-refractivity contribution in [2.45, 2.75) is 39.3 Å². The number of amides is 1. The van der Waals surface area contributed by atoms with Crippen molar-refractivity contribution in [3.05, 3.63) is 22.7 Å². The van der Waals surface area contributed by atoms with E-state index in [0.717, 1.165) is 6.42 Å². The van der Waals surface area contributed by atoms with Gasteiger partial charge in [0.2, 0.25) is 0 Å². The lowest BCUT2D eigenvalue weighted by molar-refractivity contribution is 0.0286. The lowest BCUT2D eigenvalue weighted by atomic mass is 10.1. The molecule has 1 fully saturated rings. The second-order valence-corrected chi connectivity index (χ2v) is 7.89. The average Bonchev–Trinajstić information content (AvgIpc) is 3.13. The van der Waals surface area contributed by atoms with E-state index in [-0.39, 0.29) is 22.6 Å². The number of likely N-dealkylation sites (tertiary alicyclic amines) is 1. The van der Waals surface area contributed by atoms with Gasteiger partial charge < -0.3 is 14.7 Å². The number of nitrogens with zero attached hydrogens (tertiary/aromatic N) is 4. The SMILES string of the molecule is CC(C)(C)OC(=O)N1CCC(Cn2nnc3cc(C(=O)O)c(Cl)cc32)C1. The number of halogens is 1. The predicted molar refractivity (Wildman–Crippen MR) is 95.4 cm³/mol. The number of rotatable bonds is 3. The molecule has 0 spiro atoms. The fraction of sp³-hybridized carbons (Fsp3) is 0.529. The summed E-state index contributed by atoms with van der Waals surface area (Å²) in [7, 11) is 0. The van der Waals surface area contributed by atoms with Gasteiger partial charge in [0, 0.05) is 19.6 Å². The highest BCUT2D eigenvalue weighted by Gasteiger charge is 2.30. The lowest BCUT2D eigenvalue weighted by Crippen LogP contribution is -2.35. The molecule has 0 radical (unpaired) electrons. The van der Waals surface area contributed by atoms with Crippen molar-refractivity contribution in [1.82, 2.24) is 19.9 Å². The molecule has 3 rings (SSSR count). The average molecular weight is 381 g/mol. The number of hydrogen-bond acceptors (Lipinski definition) is 5. The van der Waals surface area contributed by atoms with Crippen LogP contribution in [0.5, 0.6) is 0 Å². The fourth-order valence-electron chi connectivity index (χ4n) is 3.01. The first kappa shape index (κ1) is 18.4. The highest BCUT2D eigenvalue weighted by atomic mass is 35.5. The molecule has 0 saturated carbocycles. The number of carboxylic acids is 1. The molecule has 8 nitrogen and oxygen atoms in total. The molecule has 1 saturated heterocycles. The van der Waals surface area contributed by atoms with E-state index in [1.807, 2.05) is 20.8 Å². The van der Waals surface area contributed by atoms with Crippen LogP contribution in [0.1, 0.15) is 37.6 Å². The number of aromatic nitrogens is 3. The number of ether oxygens (including phenoxy) is 1. The van der Waals surface area contributed by atoms with Gasteiger partial charge in [-0.1, -0.05) is 16.8 Å². The largest absolute Gasteiger partial charge is 0.478 e. The third kappa shape index (κ3) is 3.90. The Bertz CT molecular complexity index is 858. The summed E-state index contributed by atoms with van der Waals surface area (Å²) in [5.41, 5.74) is 0.642. The molecule has 26 heavy (non-hydrogen) atoms. The lowest BCUT2D eigenvalue weighted by Gasteiger charge is -2.24. The zero-order valence-electron chi connectivity index (χ0n) is 14.9. The molecule has 0 aliphatic carbocycles. The van der Waals surface area contributed by atoms with E-state index in [1.54, 1.807) is 15.6 Å². The molecule has 1 aliphatic heterocycles. The summed E-state index contributed by atoms with van der Waals surface area (Å²) >= 11 is 6.05. The summed E-state index contributed by atoms with van der Waals surface area (Å²) < 4.78 is 7.11. The van der Waals surface area contributed by atoms with Crippen molar-refractivity contribution >= 4 is 34.7 Å². The van der Waals surface area contributed by atoms with Crippen molar-refractivity contribution in [1.29, 1.82) is 0 Å². The molecule has 9 heteroatoms. The third-order valence-electron chi connectivity index (χ3n) is 4.20. The molecule has 1 amide bonds. The van der Waals surface area contributed by atoms with Crippen LogP contribution in [0.15, 0.2) is 12.1 Å². The predicted octanol–water partition coefficient (Wildman–Crippen LogP) is 3.04. The second-order valence-electron chi connectivity index (χ2n) is 7.48. The standard InChI is InChI=1S/C17H21ClN4O4/c1-17(2,3)26-16(25)21-5-4-10(8-21)9-22-14-7-12(18)11(15(23)24)6-13(14)19-20-22/h6-7,10H,4-5,8-9H2,1-3H3,(H,23,24). The van der Waals surface area contributed by atoms with Crippen LogP contribution in [0, 0.1) is 5.92 Å². The van der Waals surface area contributed by atoms with Crippen LogP contribution in [0.3, 0.4) is 0 Å². The molecule has 1 aromatic carbocycles. The van der Waals surface area contributed by atoms with Gasteiger partial charge in [0.25, 0.3) is 0 Å². The number of benzene rings is 1. The van der Waals surface area contributed by atoms with E-state index in [0.29, 0.717) is 30.7 Å². The normalized spacial score (nSPS) is 17.7. The number of carbonyl (C=O) groups is 2. The molecule has 1 atom stereocenters. The smallest absolute Gasteiger partial charge is 0.410 e. The van der Waals surface area contributed by atoms with E-state index < -0.39 is 11.6 Å². The molecule has 1 N–H and O–H groups in total. The Morgan fingerprint density at radius 3 is 2.77 bits per heavy atom. The number of hydrogen-bond donors (Lipinski definition) is 1. The maximum Gasteiger partial charge on any atom is 0.410 e. The Hall–Kier alpha value is -2.35. The van der Waals surface area contributed by atoms with Crippen LogP contribution in [-0.2, 0) is 11.3 Å². The van der Waals surface area contributed by atoms with E-state index in [9.17, 15) is 9.59 Å². The highest BCUT2D eigenvalue weighted by Crippen LogP contribution is 2.25. The van der Waals surface area contributed by atoms with Gasteiger partial charge >= 0.3 is 12.1 Å². The van der Waals surface area contributed by atoms with Gasteiger partial charge in [0.1, 0.15) is 11.1 Å². The fourth-order valence-corrected chi connectivity index (χ4v) is 3.24. The molecular weight excluding hydrogens is 360 g/mol. The topological polar surface area (TPSA) is 97.5 Å². The van der Waals surface area contributed by atoms with Crippen molar-refractivity contribution < 1.29 is 19.4 Å². The summed E-state index contributed by atoms with van der Waals surface area (Å²) in [6, 6.07) is 2.99. The van der Waals surface area contributed by atoms with Gasteiger partial charge in [-0.25, -0.2) is 14.3 Å². The van der Waals surface area contributed by atoms with Gasteiger partial charge in [0.15, 0.2) is 0 Å². The first-order valence-corrected chi connectivity index (χ1v) is 8.76. The molecular formula is C17H21ClN4O4. The first-order valence-electron chi connectivity index (χ1n) is 8.38. The minimum atomic E-state index is -1.10. The quantitative estimate of drug-likeness (QED) is 0.878. The highest BCUT2D eigenvalue weighted by molar-refractivity contribution is 6.34. The zero-order valence-corrected chi connectivity index (χ0v) is 15.7. The van der Waals surface area contributed by atoms with Crippen LogP contribution in [0.4, 0.5) is 4.79 Å². The third-order valence-corrected chi connectivity index (χ3v) is 4.51. The summed E-state index contributed by atoms with van der Waals surface area (Å²) in [6.07, 6.45) is 0.527. The molecule has 1 aromatic heterocycles. The van der Waals surface area contributed by atoms with Crippen LogP contribution in [0.25, 0.3) is 11.0 Å². The second kappa shape index (κ2) is 6.75. The van der Waals surface area contributed by atoms with Crippen molar-refractivity contribution in [2.75, 3.05) is 13.1 Å². The van der Waals surface area contributed by atoms with Crippen LogP contribution in [0.2, 0.25) is 5.02 Å². The Morgan fingerprint density at radius 2 is 2.12 bits per heavy atom. The number of fused-ring (bicyclic) bond motifs is 1. The number of carboxylic acid groups (broad SMARTS) is 1. The van der Waals surface area contributed by atoms with E-state index in [4.69, 9.17) is 21.4 Å². The maximum absolute atomic E-state index is 12.2. The molecule has 2 aromatic rings. The number of aromatic carboxylic acids is 1. The van der Waals surface area contributed by atoms with E-state index in [1.165, 1.54) is 6.07 Å². The van der Waals surface area contributed by atoms with Crippen molar-refractivity contribution in [3.8, 4) is 0 Å². The summed E-state index contributed by atoms with van der Waals surface area (Å²) in [5, 5.41) is 17.4. The molecule has 0 bridgehead atoms. The molecule has 140 valence electrons. The van der Waals surface area contributed by atoms with Gasteiger partial charge in [-0.15, -0.1) is 5.10 Å². The van der Waals surface area contributed by atoms with E-state index >= 15 is 0 Å².